The molecule has 7 nitrogen and oxygen atoms in total. The average Bonchev–Trinajstić information content (AvgIpc) is 3.12. The monoisotopic (exact) mass is 626 g/mol. The van der Waals surface area contributed by atoms with E-state index in [9.17, 15) is 4.79 Å². The van der Waals surface area contributed by atoms with Gasteiger partial charge in [0.2, 0.25) is 0 Å². The molecule has 0 saturated carbocycles. The van der Waals surface area contributed by atoms with Crippen molar-refractivity contribution in [1.29, 1.82) is 0 Å². The van der Waals surface area contributed by atoms with Crippen molar-refractivity contribution in [1.82, 2.24) is 25.2 Å². The summed E-state index contributed by atoms with van der Waals surface area (Å²) in [6.07, 6.45) is 6.91. The van der Waals surface area contributed by atoms with E-state index in [1.807, 2.05) is 66.7 Å². The van der Waals surface area contributed by atoms with Crippen LogP contribution in [0.25, 0.3) is 17.3 Å². The maximum Gasteiger partial charge on any atom is 0.251 e. The van der Waals surface area contributed by atoms with Gasteiger partial charge in [-0.25, -0.2) is 9.97 Å². The second-order valence-electron chi connectivity index (χ2n) is 11.2. The number of aromatic nitrogens is 3. The number of rotatable bonds is 12. The van der Waals surface area contributed by atoms with Crippen LogP contribution in [0.15, 0.2) is 127 Å². The van der Waals surface area contributed by atoms with Gasteiger partial charge in [0, 0.05) is 80.5 Å². The molecule has 1 aliphatic rings. The zero-order valence-corrected chi connectivity index (χ0v) is 26.7. The molecule has 1 amide bonds. The summed E-state index contributed by atoms with van der Waals surface area (Å²) in [4.78, 5) is 32.0. The third-order valence-corrected chi connectivity index (χ3v) is 8.80. The summed E-state index contributed by atoms with van der Waals surface area (Å²) in [5.74, 6) is 1.54. The Morgan fingerprint density at radius 1 is 0.826 bits per heavy atom. The second kappa shape index (κ2) is 16.0. The number of amides is 1. The van der Waals surface area contributed by atoms with E-state index in [1.165, 1.54) is 5.56 Å². The molecule has 1 N–H and O–H groups in total. The van der Waals surface area contributed by atoms with Crippen LogP contribution in [0.1, 0.15) is 27.2 Å². The lowest BCUT2D eigenvalue weighted by Gasteiger charge is -2.35. The van der Waals surface area contributed by atoms with E-state index in [2.05, 4.69) is 74.7 Å². The van der Waals surface area contributed by atoms with Crippen molar-refractivity contribution >= 4 is 29.6 Å². The number of carbonyl (C=O) groups excluding carboxylic acids is 1. The van der Waals surface area contributed by atoms with Crippen molar-refractivity contribution in [2.75, 3.05) is 44.2 Å². The molecule has 3 heterocycles. The lowest BCUT2D eigenvalue weighted by Crippen LogP contribution is -2.46. The fraction of sp³-hybridized carbons (Fsp3) is 0.211. The van der Waals surface area contributed by atoms with Crippen molar-refractivity contribution in [3.63, 3.8) is 0 Å². The Morgan fingerprint density at radius 2 is 1.61 bits per heavy atom. The maximum absolute atomic E-state index is 12.9. The van der Waals surface area contributed by atoms with Gasteiger partial charge in [-0.1, -0.05) is 103 Å². The Labute approximate surface area is 275 Å². The number of thioether (sulfide) groups is 1. The first-order chi connectivity index (χ1) is 22.7. The Kier molecular flexibility index (Phi) is 10.8. The topological polar surface area (TPSA) is 74.2 Å². The molecule has 0 aliphatic carbocycles. The van der Waals surface area contributed by atoms with Crippen LogP contribution in [-0.4, -0.2) is 65.0 Å². The zero-order chi connectivity index (χ0) is 31.4. The van der Waals surface area contributed by atoms with E-state index in [-0.39, 0.29) is 5.91 Å². The minimum Gasteiger partial charge on any atom is -0.354 e. The first kappa shape index (κ1) is 31.2. The van der Waals surface area contributed by atoms with E-state index >= 15 is 0 Å². The number of piperazine rings is 1. The van der Waals surface area contributed by atoms with E-state index in [0.717, 1.165) is 66.2 Å². The Bertz CT molecular complexity index is 1720. The highest BCUT2D eigenvalue weighted by molar-refractivity contribution is 7.98. The van der Waals surface area contributed by atoms with Crippen LogP contribution >= 0.6 is 11.8 Å². The second-order valence-corrected chi connectivity index (χ2v) is 12.1. The summed E-state index contributed by atoms with van der Waals surface area (Å²) >= 11 is 1.60. The first-order valence-corrected chi connectivity index (χ1v) is 16.7. The zero-order valence-electron chi connectivity index (χ0n) is 25.8. The van der Waals surface area contributed by atoms with Crippen LogP contribution in [0.4, 0.5) is 5.82 Å². The highest BCUT2D eigenvalue weighted by Gasteiger charge is 2.19. The smallest absolute Gasteiger partial charge is 0.251 e. The number of nitrogens with zero attached hydrogens (tertiary/aromatic N) is 5. The van der Waals surface area contributed by atoms with Crippen LogP contribution in [0.3, 0.4) is 0 Å². The summed E-state index contributed by atoms with van der Waals surface area (Å²) in [5.41, 5.74) is 5.88. The van der Waals surface area contributed by atoms with Gasteiger partial charge in [0.25, 0.3) is 5.91 Å². The van der Waals surface area contributed by atoms with Crippen molar-refractivity contribution < 1.29 is 4.79 Å². The summed E-state index contributed by atoms with van der Waals surface area (Å²) in [7, 11) is 0. The van der Waals surface area contributed by atoms with Crippen molar-refractivity contribution in [2.24, 2.45) is 0 Å². The number of carbonyl (C=O) groups is 1. The molecule has 46 heavy (non-hydrogen) atoms. The third kappa shape index (κ3) is 8.90. The summed E-state index contributed by atoms with van der Waals surface area (Å²) in [5, 5.41) is 3.75. The molecular formula is C38H38N6OS. The highest BCUT2D eigenvalue weighted by Crippen LogP contribution is 2.28. The Balaban J connectivity index is 1.09. The van der Waals surface area contributed by atoms with Crippen LogP contribution in [0.2, 0.25) is 0 Å². The van der Waals surface area contributed by atoms with Gasteiger partial charge in [0.05, 0.1) is 5.69 Å². The molecule has 0 unspecified atom stereocenters. The van der Waals surface area contributed by atoms with E-state index < -0.39 is 0 Å². The largest absolute Gasteiger partial charge is 0.354 e. The van der Waals surface area contributed by atoms with Crippen molar-refractivity contribution in [2.45, 2.75) is 17.3 Å². The molecular weight excluding hydrogens is 589 g/mol. The van der Waals surface area contributed by atoms with Crippen LogP contribution in [0, 0.1) is 0 Å². The van der Waals surface area contributed by atoms with Crippen LogP contribution in [0.5, 0.6) is 0 Å². The average molecular weight is 627 g/mol. The van der Waals surface area contributed by atoms with Gasteiger partial charge in [-0.3, -0.25) is 14.7 Å². The molecule has 1 fully saturated rings. The molecule has 2 aromatic heterocycles. The number of hydrogen-bond donors (Lipinski definition) is 1. The predicted octanol–water partition coefficient (Wildman–Crippen LogP) is 6.64. The molecule has 232 valence electrons. The highest BCUT2D eigenvalue weighted by atomic mass is 32.2. The minimum atomic E-state index is -0.0814. The fourth-order valence-electron chi connectivity index (χ4n) is 5.36. The van der Waals surface area contributed by atoms with E-state index in [4.69, 9.17) is 9.97 Å². The number of anilines is 1. The lowest BCUT2D eigenvalue weighted by atomic mass is 10.1. The quantitative estimate of drug-likeness (QED) is 0.123. The van der Waals surface area contributed by atoms with Gasteiger partial charge in [0.15, 0.2) is 5.16 Å². The number of pyridine rings is 1. The molecule has 5 aromatic rings. The van der Waals surface area contributed by atoms with Gasteiger partial charge in [-0.05, 0) is 35.4 Å². The third-order valence-electron chi connectivity index (χ3n) is 7.88. The normalized spacial score (nSPS) is 13.6. The molecule has 0 bridgehead atoms. The molecule has 1 aliphatic heterocycles. The maximum atomic E-state index is 12.9. The van der Waals surface area contributed by atoms with Crippen LogP contribution < -0.4 is 10.2 Å². The van der Waals surface area contributed by atoms with Gasteiger partial charge < -0.3 is 10.2 Å². The lowest BCUT2D eigenvalue weighted by molar-refractivity contribution is 0.0954. The summed E-state index contributed by atoms with van der Waals surface area (Å²) in [6, 6.07) is 36.4. The summed E-state index contributed by atoms with van der Waals surface area (Å²) < 4.78 is 0. The van der Waals surface area contributed by atoms with Crippen molar-refractivity contribution in [3.8, 4) is 11.3 Å². The first-order valence-electron chi connectivity index (χ1n) is 15.7. The van der Waals surface area contributed by atoms with Gasteiger partial charge in [0.1, 0.15) is 5.82 Å². The Hall–Kier alpha value is -4.79. The SMILES string of the molecule is O=C(NCCc1ccccn1)c1cccc(CSc2nc(-c3ccccc3)cc(N3CCN(C/C=C/c4ccccc4)CC3)n2)c1. The van der Waals surface area contributed by atoms with Gasteiger partial charge in [-0.15, -0.1) is 0 Å². The number of hydrogen-bond acceptors (Lipinski definition) is 7. The molecule has 8 heteroatoms. The standard InChI is InChI=1S/C38H38N6OS/c45-37(40-21-19-34-18-7-8-20-39-34)33-17-9-13-31(27-33)29-46-38-41-35(32-15-5-2-6-16-32)28-36(42-38)44-25-23-43(24-26-44)22-10-14-30-11-3-1-4-12-30/h1-18,20,27-28H,19,21-26,29H2,(H,40,45)/b14-10+. The molecule has 3 aromatic carbocycles. The summed E-state index contributed by atoms with van der Waals surface area (Å²) in [6.45, 7) is 5.24. The van der Waals surface area contributed by atoms with Gasteiger partial charge in [-0.2, -0.15) is 0 Å². The fourth-order valence-corrected chi connectivity index (χ4v) is 6.16. The molecule has 1 saturated heterocycles. The predicted molar refractivity (Wildman–Crippen MR) is 188 cm³/mol. The Morgan fingerprint density at radius 3 is 2.39 bits per heavy atom. The molecule has 6 rings (SSSR count). The van der Waals surface area contributed by atoms with Crippen LogP contribution in [-0.2, 0) is 12.2 Å². The molecule has 0 spiro atoms. The van der Waals surface area contributed by atoms with Crippen molar-refractivity contribution in [3.05, 3.63) is 144 Å². The molecule has 0 atom stereocenters. The number of nitrogens with one attached hydrogen (secondary N) is 1. The molecule has 0 radical (unpaired) electrons. The van der Waals surface area contributed by atoms with E-state index in [0.29, 0.717) is 24.3 Å². The van der Waals surface area contributed by atoms with Gasteiger partial charge >= 0.3 is 0 Å². The van der Waals surface area contributed by atoms with E-state index in [1.54, 1.807) is 18.0 Å². The minimum absolute atomic E-state index is 0.0814. The number of benzene rings is 3.